The average Bonchev–Trinajstić information content (AvgIpc) is 2.29. The Labute approximate surface area is 120 Å². The molecule has 0 bridgehead atoms. The molecule has 1 aliphatic heterocycles. The topological polar surface area (TPSA) is 49.4 Å². The molecule has 1 heterocycles. The molecule has 1 aromatic rings. The Kier molecular flexibility index (Phi) is 6.99. The van der Waals surface area contributed by atoms with E-state index in [0.29, 0.717) is 4.90 Å². The molecule has 1 saturated heterocycles. The van der Waals surface area contributed by atoms with Crippen LogP contribution in [0.1, 0.15) is 0 Å². The Hall–Kier alpha value is -0.490. The number of hydrogen-bond donors (Lipinski definition) is 1. The summed E-state index contributed by atoms with van der Waals surface area (Å²) in [6, 6.07) is 7.10. The zero-order valence-corrected chi connectivity index (χ0v) is 12.6. The van der Waals surface area contributed by atoms with Crippen LogP contribution >= 0.6 is 24.8 Å². The standard InChI is InChI=1S/C11H16N2O2S.2ClH/c1-16(14,15)11-4-2-10(3-5-11)13-8-6-12-7-9-13;;/h2-5,12H,6-9H2,1H3;2*1H. The molecule has 1 N–H and O–H groups in total. The van der Waals surface area contributed by atoms with E-state index in [0.717, 1.165) is 31.9 Å². The number of nitrogens with one attached hydrogen (secondary N) is 1. The molecule has 0 unspecified atom stereocenters. The Morgan fingerprint density at radius 3 is 2.00 bits per heavy atom. The molecule has 1 fully saturated rings. The molecule has 2 rings (SSSR count). The zero-order chi connectivity index (χ0) is 11.6. The quantitative estimate of drug-likeness (QED) is 0.895. The van der Waals surface area contributed by atoms with Crippen molar-refractivity contribution in [2.45, 2.75) is 4.90 Å². The van der Waals surface area contributed by atoms with Crippen LogP contribution in [-0.2, 0) is 9.84 Å². The number of piperazine rings is 1. The highest BCUT2D eigenvalue weighted by Gasteiger charge is 2.11. The smallest absolute Gasteiger partial charge is 0.175 e. The summed E-state index contributed by atoms with van der Waals surface area (Å²) in [5.74, 6) is 0. The van der Waals surface area contributed by atoms with Gasteiger partial charge in [-0.15, -0.1) is 24.8 Å². The molecule has 0 aliphatic carbocycles. The first-order valence-electron chi connectivity index (χ1n) is 5.33. The van der Waals surface area contributed by atoms with Crippen molar-refractivity contribution in [3.05, 3.63) is 24.3 Å². The lowest BCUT2D eigenvalue weighted by atomic mass is 10.2. The van der Waals surface area contributed by atoms with Gasteiger partial charge in [0.05, 0.1) is 4.90 Å². The first kappa shape index (κ1) is 17.5. The van der Waals surface area contributed by atoms with Gasteiger partial charge in [-0.2, -0.15) is 0 Å². The molecular weight excluding hydrogens is 295 g/mol. The highest BCUT2D eigenvalue weighted by atomic mass is 35.5. The number of anilines is 1. The maximum Gasteiger partial charge on any atom is 0.175 e. The minimum Gasteiger partial charge on any atom is -0.369 e. The molecule has 0 aromatic heterocycles. The summed E-state index contributed by atoms with van der Waals surface area (Å²) >= 11 is 0. The fourth-order valence-electron chi connectivity index (χ4n) is 1.83. The molecule has 0 radical (unpaired) electrons. The number of hydrogen-bond acceptors (Lipinski definition) is 4. The molecular formula is C11H18Cl2N2O2S. The van der Waals surface area contributed by atoms with Gasteiger partial charge in [-0.25, -0.2) is 8.42 Å². The highest BCUT2D eigenvalue weighted by molar-refractivity contribution is 7.90. The van der Waals surface area contributed by atoms with Gasteiger partial charge in [0.15, 0.2) is 9.84 Å². The van der Waals surface area contributed by atoms with E-state index in [1.165, 1.54) is 6.26 Å². The number of benzene rings is 1. The van der Waals surface area contributed by atoms with Crippen molar-refractivity contribution in [1.82, 2.24) is 5.32 Å². The second-order valence-corrected chi connectivity index (χ2v) is 6.02. The summed E-state index contributed by atoms with van der Waals surface area (Å²) in [5.41, 5.74) is 1.09. The molecule has 7 heteroatoms. The van der Waals surface area contributed by atoms with E-state index in [2.05, 4.69) is 10.2 Å². The Balaban J connectivity index is 0.00000144. The molecule has 104 valence electrons. The normalized spacial score (nSPS) is 15.5. The van der Waals surface area contributed by atoms with Crippen LogP contribution in [-0.4, -0.2) is 40.9 Å². The fraction of sp³-hybridized carbons (Fsp3) is 0.455. The van der Waals surface area contributed by atoms with E-state index in [1.54, 1.807) is 12.1 Å². The van der Waals surface area contributed by atoms with Crippen LogP contribution in [0.4, 0.5) is 5.69 Å². The van der Waals surface area contributed by atoms with Crippen molar-refractivity contribution >= 4 is 40.3 Å². The van der Waals surface area contributed by atoms with E-state index in [4.69, 9.17) is 0 Å². The van der Waals surface area contributed by atoms with Gasteiger partial charge in [0.25, 0.3) is 0 Å². The molecule has 0 saturated carbocycles. The van der Waals surface area contributed by atoms with Crippen molar-refractivity contribution in [3.8, 4) is 0 Å². The van der Waals surface area contributed by atoms with E-state index in [1.807, 2.05) is 12.1 Å². The maximum atomic E-state index is 11.3. The second-order valence-electron chi connectivity index (χ2n) is 4.00. The van der Waals surface area contributed by atoms with Crippen molar-refractivity contribution in [1.29, 1.82) is 0 Å². The van der Waals surface area contributed by atoms with Crippen LogP contribution in [0.15, 0.2) is 29.2 Å². The van der Waals surface area contributed by atoms with Crippen LogP contribution < -0.4 is 10.2 Å². The first-order valence-corrected chi connectivity index (χ1v) is 7.22. The SMILES string of the molecule is CS(=O)(=O)c1ccc(N2CCNCC2)cc1.Cl.Cl. The van der Waals surface area contributed by atoms with Gasteiger partial charge < -0.3 is 10.2 Å². The van der Waals surface area contributed by atoms with Crippen molar-refractivity contribution in [2.24, 2.45) is 0 Å². The predicted molar refractivity (Wildman–Crippen MR) is 79.1 cm³/mol. The third-order valence-electron chi connectivity index (χ3n) is 2.75. The highest BCUT2D eigenvalue weighted by Crippen LogP contribution is 2.18. The zero-order valence-electron chi connectivity index (χ0n) is 10.1. The summed E-state index contributed by atoms with van der Waals surface area (Å²) in [6.07, 6.45) is 1.23. The van der Waals surface area contributed by atoms with Gasteiger partial charge in [0.2, 0.25) is 0 Å². The summed E-state index contributed by atoms with van der Waals surface area (Å²) < 4.78 is 22.6. The lowest BCUT2D eigenvalue weighted by molar-refractivity contribution is 0.589. The van der Waals surface area contributed by atoms with Gasteiger partial charge in [-0.05, 0) is 24.3 Å². The van der Waals surface area contributed by atoms with Crippen LogP contribution in [0.3, 0.4) is 0 Å². The van der Waals surface area contributed by atoms with Gasteiger partial charge in [0, 0.05) is 38.1 Å². The van der Waals surface area contributed by atoms with Gasteiger partial charge in [0.1, 0.15) is 0 Å². The summed E-state index contributed by atoms with van der Waals surface area (Å²) in [5, 5.41) is 3.28. The summed E-state index contributed by atoms with van der Waals surface area (Å²) in [7, 11) is -3.08. The monoisotopic (exact) mass is 312 g/mol. The van der Waals surface area contributed by atoms with Crippen molar-refractivity contribution in [2.75, 3.05) is 37.3 Å². The Bertz CT molecular complexity index is 456. The predicted octanol–water partition coefficient (Wildman–Crippen LogP) is 1.34. The maximum absolute atomic E-state index is 11.3. The van der Waals surface area contributed by atoms with Crippen LogP contribution in [0, 0.1) is 0 Å². The third-order valence-corrected chi connectivity index (χ3v) is 3.88. The Morgan fingerprint density at radius 1 is 1.06 bits per heavy atom. The Morgan fingerprint density at radius 2 is 1.56 bits per heavy atom. The first-order chi connectivity index (χ1) is 7.57. The molecule has 1 aromatic carbocycles. The van der Waals surface area contributed by atoms with Gasteiger partial charge in [-0.3, -0.25) is 0 Å². The molecule has 1 aliphatic rings. The molecule has 4 nitrogen and oxygen atoms in total. The lowest BCUT2D eigenvalue weighted by Gasteiger charge is -2.29. The number of sulfone groups is 1. The minimum atomic E-state index is -3.08. The molecule has 0 amide bonds. The average molecular weight is 313 g/mol. The molecule has 18 heavy (non-hydrogen) atoms. The molecule has 0 spiro atoms. The number of halogens is 2. The van der Waals surface area contributed by atoms with Crippen molar-refractivity contribution in [3.63, 3.8) is 0 Å². The minimum absolute atomic E-state index is 0. The summed E-state index contributed by atoms with van der Waals surface area (Å²) in [6.45, 7) is 3.90. The molecule has 0 atom stereocenters. The van der Waals surface area contributed by atoms with E-state index in [-0.39, 0.29) is 24.8 Å². The largest absolute Gasteiger partial charge is 0.369 e. The fourth-order valence-corrected chi connectivity index (χ4v) is 2.46. The van der Waals surface area contributed by atoms with Crippen molar-refractivity contribution < 1.29 is 8.42 Å². The second kappa shape index (κ2) is 7.19. The van der Waals surface area contributed by atoms with Crippen LogP contribution in [0.5, 0.6) is 0 Å². The number of nitrogens with zero attached hydrogens (tertiary/aromatic N) is 1. The van der Waals surface area contributed by atoms with E-state index in [9.17, 15) is 8.42 Å². The van der Waals surface area contributed by atoms with E-state index < -0.39 is 9.84 Å². The summed E-state index contributed by atoms with van der Waals surface area (Å²) in [4.78, 5) is 2.63. The van der Waals surface area contributed by atoms with E-state index >= 15 is 0 Å². The third kappa shape index (κ3) is 4.31. The van der Waals surface area contributed by atoms with Gasteiger partial charge >= 0.3 is 0 Å². The van der Waals surface area contributed by atoms with Crippen LogP contribution in [0.2, 0.25) is 0 Å². The number of rotatable bonds is 2. The van der Waals surface area contributed by atoms with Crippen LogP contribution in [0.25, 0.3) is 0 Å². The van der Waals surface area contributed by atoms with Gasteiger partial charge in [-0.1, -0.05) is 0 Å². The lowest BCUT2D eigenvalue weighted by Crippen LogP contribution is -2.43.